The molecule has 0 saturated carbocycles. The lowest BCUT2D eigenvalue weighted by Crippen LogP contribution is -2.00. The summed E-state index contributed by atoms with van der Waals surface area (Å²) in [5.74, 6) is 0.749. The van der Waals surface area contributed by atoms with E-state index in [0.29, 0.717) is 12.3 Å². The van der Waals surface area contributed by atoms with Crippen molar-refractivity contribution in [1.82, 2.24) is 15.0 Å². The number of ether oxygens (including phenoxy) is 1. The summed E-state index contributed by atoms with van der Waals surface area (Å²) >= 11 is 0. The maximum Gasteiger partial charge on any atom is 0.144 e. The fourth-order valence-corrected chi connectivity index (χ4v) is 1.41. The number of aliphatic hydroxyl groups is 1. The molecule has 1 aromatic heterocycles. The van der Waals surface area contributed by atoms with Crippen LogP contribution in [0.5, 0.6) is 5.75 Å². The molecule has 1 aromatic carbocycles. The highest BCUT2D eigenvalue weighted by atomic mass is 16.5. The zero-order chi connectivity index (χ0) is 11.4. The van der Waals surface area contributed by atoms with Gasteiger partial charge in [0.1, 0.15) is 17.1 Å². The molecule has 0 spiro atoms. The van der Waals surface area contributed by atoms with E-state index in [1.165, 1.54) is 0 Å². The zero-order valence-corrected chi connectivity index (χ0v) is 9.00. The second-order valence-electron chi connectivity index (χ2n) is 3.21. The SMILES string of the molecule is CCOc1ccccc1-n1cc(CO)nn1. The smallest absolute Gasteiger partial charge is 0.144 e. The van der Waals surface area contributed by atoms with E-state index in [1.807, 2.05) is 31.2 Å². The molecule has 0 aliphatic heterocycles. The first-order valence-corrected chi connectivity index (χ1v) is 5.09. The van der Waals surface area contributed by atoms with E-state index in [9.17, 15) is 0 Å². The third-order valence-electron chi connectivity index (χ3n) is 2.11. The molecule has 0 unspecified atom stereocenters. The van der Waals surface area contributed by atoms with Gasteiger partial charge in [0.25, 0.3) is 0 Å². The first kappa shape index (κ1) is 10.6. The molecular weight excluding hydrogens is 206 g/mol. The Balaban J connectivity index is 2.38. The molecule has 0 fully saturated rings. The number of rotatable bonds is 4. The third kappa shape index (κ3) is 2.04. The van der Waals surface area contributed by atoms with Crippen LogP contribution in [0.25, 0.3) is 5.69 Å². The molecule has 0 saturated heterocycles. The number of hydrogen-bond acceptors (Lipinski definition) is 4. The van der Waals surface area contributed by atoms with Crippen LogP contribution in [0.3, 0.4) is 0 Å². The molecule has 0 bridgehead atoms. The van der Waals surface area contributed by atoms with E-state index >= 15 is 0 Å². The Morgan fingerprint density at radius 3 is 2.88 bits per heavy atom. The summed E-state index contributed by atoms with van der Waals surface area (Å²) in [6, 6.07) is 7.57. The minimum absolute atomic E-state index is 0.114. The van der Waals surface area contributed by atoms with Gasteiger partial charge in [-0.05, 0) is 19.1 Å². The summed E-state index contributed by atoms with van der Waals surface area (Å²) in [4.78, 5) is 0. The predicted molar refractivity (Wildman–Crippen MR) is 58.5 cm³/mol. The number of para-hydroxylation sites is 2. The molecule has 16 heavy (non-hydrogen) atoms. The van der Waals surface area contributed by atoms with Crippen molar-refractivity contribution < 1.29 is 9.84 Å². The van der Waals surface area contributed by atoms with Crippen molar-refractivity contribution in [3.05, 3.63) is 36.2 Å². The van der Waals surface area contributed by atoms with Crippen molar-refractivity contribution in [1.29, 1.82) is 0 Å². The minimum Gasteiger partial charge on any atom is -0.492 e. The number of aromatic nitrogens is 3. The van der Waals surface area contributed by atoms with Crippen LogP contribution in [0.2, 0.25) is 0 Å². The van der Waals surface area contributed by atoms with E-state index in [1.54, 1.807) is 10.9 Å². The van der Waals surface area contributed by atoms with Crippen LogP contribution in [0.1, 0.15) is 12.6 Å². The summed E-state index contributed by atoms with van der Waals surface area (Å²) in [5.41, 5.74) is 1.35. The normalized spacial score (nSPS) is 10.4. The van der Waals surface area contributed by atoms with Crippen molar-refractivity contribution in [2.24, 2.45) is 0 Å². The highest BCUT2D eigenvalue weighted by molar-refractivity contribution is 5.45. The average molecular weight is 219 g/mol. The second kappa shape index (κ2) is 4.76. The van der Waals surface area contributed by atoms with Gasteiger partial charge in [0.2, 0.25) is 0 Å². The standard InChI is InChI=1S/C11H13N3O2/c1-2-16-11-6-4-3-5-10(11)14-7-9(8-15)12-13-14/h3-7,15H,2,8H2,1H3. The van der Waals surface area contributed by atoms with E-state index in [-0.39, 0.29) is 6.61 Å². The molecule has 1 N–H and O–H groups in total. The number of hydrogen-bond donors (Lipinski definition) is 1. The van der Waals surface area contributed by atoms with Crippen molar-refractivity contribution >= 4 is 0 Å². The lowest BCUT2D eigenvalue weighted by atomic mass is 10.3. The van der Waals surface area contributed by atoms with Gasteiger partial charge in [-0.15, -0.1) is 5.10 Å². The Bertz CT molecular complexity index is 468. The van der Waals surface area contributed by atoms with Crippen LogP contribution in [0.15, 0.2) is 30.5 Å². The van der Waals surface area contributed by atoms with Crippen LogP contribution < -0.4 is 4.74 Å². The molecule has 0 aliphatic carbocycles. The molecule has 0 radical (unpaired) electrons. The zero-order valence-electron chi connectivity index (χ0n) is 9.00. The maximum atomic E-state index is 8.92. The van der Waals surface area contributed by atoms with Crippen LogP contribution in [0.4, 0.5) is 0 Å². The predicted octanol–water partition coefficient (Wildman–Crippen LogP) is 1.16. The summed E-state index contributed by atoms with van der Waals surface area (Å²) in [7, 11) is 0. The van der Waals surface area contributed by atoms with Gasteiger partial charge < -0.3 is 9.84 Å². The van der Waals surface area contributed by atoms with E-state index in [4.69, 9.17) is 9.84 Å². The van der Waals surface area contributed by atoms with Gasteiger partial charge in [0.05, 0.1) is 19.4 Å². The van der Waals surface area contributed by atoms with Crippen LogP contribution in [0, 0.1) is 0 Å². The highest BCUT2D eigenvalue weighted by Crippen LogP contribution is 2.21. The van der Waals surface area contributed by atoms with Gasteiger partial charge in [-0.3, -0.25) is 0 Å². The molecule has 1 heterocycles. The fraction of sp³-hybridized carbons (Fsp3) is 0.273. The number of benzene rings is 1. The summed E-state index contributed by atoms with van der Waals surface area (Å²) < 4.78 is 7.08. The molecule has 5 heteroatoms. The van der Waals surface area contributed by atoms with Crippen molar-refractivity contribution in [3.63, 3.8) is 0 Å². The molecule has 2 rings (SSSR count). The second-order valence-corrected chi connectivity index (χ2v) is 3.21. The number of nitrogens with zero attached hydrogens (tertiary/aromatic N) is 3. The van der Waals surface area contributed by atoms with E-state index in [2.05, 4.69) is 10.3 Å². The Labute approximate surface area is 93.3 Å². The summed E-state index contributed by atoms with van der Waals surface area (Å²) in [5, 5.41) is 16.7. The molecule has 84 valence electrons. The summed E-state index contributed by atoms with van der Waals surface area (Å²) in [6.07, 6.45) is 1.68. The lowest BCUT2D eigenvalue weighted by Gasteiger charge is -2.08. The van der Waals surface area contributed by atoms with Crippen LogP contribution in [-0.4, -0.2) is 26.7 Å². The Hall–Kier alpha value is -1.88. The van der Waals surface area contributed by atoms with Gasteiger partial charge in [-0.1, -0.05) is 17.3 Å². The molecule has 0 atom stereocenters. The van der Waals surface area contributed by atoms with Crippen molar-refractivity contribution in [3.8, 4) is 11.4 Å². The lowest BCUT2D eigenvalue weighted by molar-refractivity contribution is 0.276. The topological polar surface area (TPSA) is 60.2 Å². The highest BCUT2D eigenvalue weighted by Gasteiger charge is 2.07. The molecule has 5 nitrogen and oxygen atoms in total. The minimum atomic E-state index is -0.114. The maximum absolute atomic E-state index is 8.92. The first-order valence-electron chi connectivity index (χ1n) is 5.09. The largest absolute Gasteiger partial charge is 0.492 e. The Morgan fingerprint density at radius 2 is 2.19 bits per heavy atom. The third-order valence-corrected chi connectivity index (χ3v) is 2.11. The fourth-order valence-electron chi connectivity index (χ4n) is 1.41. The molecule has 0 amide bonds. The monoisotopic (exact) mass is 219 g/mol. The Kier molecular flexibility index (Phi) is 3.16. The van der Waals surface area contributed by atoms with Crippen LogP contribution in [-0.2, 0) is 6.61 Å². The van der Waals surface area contributed by atoms with Crippen molar-refractivity contribution in [2.75, 3.05) is 6.61 Å². The van der Waals surface area contributed by atoms with Crippen molar-refractivity contribution in [2.45, 2.75) is 13.5 Å². The van der Waals surface area contributed by atoms with Gasteiger partial charge in [-0.2, -0.15) is 0 Å². The van der Waals surface area contributed by atoms with Gasteiger partial charge in [0, 0.05) is 0 Å². The first-order chi connectivity index (χ1) is 7.85. The molecule has 2 aromatic rings. The molecular formula is C11H13N3O2. The summed E-state index contributed by atoms with van der Waals surface area (Å²) in [6.45, 7) is 2.41. The van der Waals surface area contributed by atoms with Gasteiger partial charge in [0.15, 0.2) is 0 Å². The van der Waals surface area contributed by atoms with Crippen LogP contribution >= 0.6 is 0 Å². The van der Waals surface area contributed by atoms with Gasteiger partial charge in [-0.25, -0.2) is 4.68 Å². The quantitative estimate of drug-likeness (QED) is 0.838. The van der Waals surface area contributed by atoms with E-state index in [0.717, 1.165) is 11.4 Å². The van der Waals surface area contributed by atoms with E-state index < -0.39 is 0 Å². The number of aliphatic hydroxyl groups excluding tert-OH is 1. The molecule has 0 aliphatic rings. The van der Waals surface area contributed by atoms with Gasteiger partial charge >= 0.3 is 0 Å². The average Bonchev–Trinajstić information content (AvgIpc) is 2.79. The Morgan fingerprint density at radius 1 is 1.38 bits per heavy atom.